The first-order valence-electron chi connectivity index (χ1n) is 14.4. The smallest absolute Gasteiger partial charge is 0.379 e. The van der Waals surface area contributed by atoms with Crippen LogP contribution < -0.4 is 0 Å². The van der Waals surface area contributed by atoms with Gasteiger partial charge < -0.3 is 19.3 Å². The van der Waals surface area contributed by atoms with E-state index in [1.54, 1.807) is 0 Å². The highest BCUT2D eigenvalue weighted by Gasteiger charge is 2.24. The molecule has 0 fully saturated rings. The quantitative estimate of drug-likeness (QED) is 0.0847. The van der Waals surface area contributed by atoms with Gasteiger partial charge in [0.15, 0.2) is 0 Å². The Balaban J connectivity index is 4.13. The molecule has 0 aliphatic carbocycles. The lowest BCUT2D eigenvalue weighted by atomic mass is 10.1. The lowest BCUT2D eigenvalue weighted by molar-refractivity contribution is -0.0445. The van der Waals surface area contributed by atoms with Crippen LogP contribution >= 0.6 is 7.82 Å². The van der Waals surface area contributed by atoms with Crippen LogP contribution in [0.2, 0.25) is 0 Å². The highest BCUT2D eigenvalue weighted by molar-refractivity contribution is 7.47. The second-order valence-corrected chi connectivity index (χ2v) is 11.2. The van der Waals surface area contributed by atoms with E-state index < -0.39 is 7.82 Å². The molecular formula is C27H58NO6P. The number of nitrogens with zero attached hydrogens (tertiary/aromatic N) is 1. The van der Waals surface area contributed by atoms with Crippen molar-refractivity contribution in [1.82, 2.24) is 4.90 Å². The van der Waals surface area contributed by atoms with Crippen molar-refractivity contribution in [3.63, 3.8) is 0 Å². The molecule has 0 amide bonds. The molecule has 1 N–H and O–H groups in total. The number of hydrogen-bond donors (Lipinski definition) is 1. The number of phosphoric acid groups is 1. The summed E-state index contributed by atoms with van der Waals surface area (Å²) < 4.78 is 34.4. The van der Waals surface area contributed by atoms with Crippen LogP contribution in [0.25, 0.3) is 0 Å². The van der Waals surface area contributed by atoms with Crippen molar-refractivity contribution >= 4 is 7.82 Å². The topological polar surface area (TPSA) is 77.5 Å². The van der Waals surface area contributed by atoms with Crippen molar-refractivity contribution in [3.8, 4) is 0 Å². The largest absolute Gasteiger partial charge is 0.472 e. The van der Waals surface area contributed by atoms with Crippen molar-refractivity contribution in [1.29, 1.82) is 0 Å². The van der Waals surface area contributed by atoms with Gasteiger partial charge in [-0.3, -0.25) is 9.05 Å². The van der Waals surface area contributed by atoms with E-state index in [9.17, 15) is 9.46 Å². The monoisotopic (exact) mass is 523 g/mol. The van der Waals surface area contributed by atoms with Crippen molar-refractivity contribution in [2.75, 3.05) is 53.2 Å². The molecule has 0 aromatic carbocycles. The molecule has 0 saturated carbocycles. The number of phosphoric ester groups is 1. The van der Waals surface area contributed by atoms with Gasteiger partial charge in [0.1, 0.15) is 6.10 Å². The maximum Gasteiger partial charge on any atom is 0.472 e. The first-order chi connectivity index (χ1) is 16.9. The Morgan fingerprint density at radius 1 is 0.657 bits per heavy atom. The Kier molecular flexibility index (Phi) is 25.6. The molecule has 35 heavy (non-hydrogen) atoms. The fraction of sp³-hybridized carbons (Fsp3) is 1.00. The zero-order chi connectivity index (χ0) is 26.0. The van der Waals surface area contributed by atoms with Crippen LogP contribution in [0.1, 0.15) is 117 Å². The van der Waals surface area contributed by atoms with Crippen LogP contribution in [0.15, 0.2) is 0 Å². The van der Waals surface area contributed by atoms with Gasteiger partial charge in [-0.15, -0.1) is 0 Å². The van der Waals surface area contributed by atoms with Gasteiger partial charge in [0.2, 0.25) is 0 Å². The number of ether oxygens (including phenoxy) is 2. The summed E-state index contributed by atoms with van der Waals surface area (Å²) in [5.74, 6) is 0. The third-order valence-corrected chi connectivity index (χ3v) is 7.08. The SMILES string of the molecule is CCCCCCCCCN(C)CCOP(=O)(O)OCC(COCCCCCC)OCCCCCC. The predicted octanol–water partition coefficient (Wildman–Crippen LogP) is 7.36. The van der Waals surface area contributed by atoms with E-state index in [1.807, 2.05) is 7.05 Å². The Hall–Kier alpha value is -0.0100. The summed E-state index contributed by atoms with van der Waals surface area (Å²) in [4.78, 5) is 12.2. The van der Waals surface area contributed by atoms with Gasteiger partial charge >= 0.3 is 7.82 Å². The summed E-state index contributed by atoms with van der Waals surface area (Å²) >= 11 is 0. The summed E-state index contributed by atoms with van der Waals surface area (Å²) in [5.41, 5.74) is 0. The van der Waals surface area contributed by atoms with Gasteiger partial charge in [0.25, 0.3) is 0 Å². The van der Waals surface area contributed by atoms with Gasteiger partial charge in [-0.2, -0.15) is 0 Å². The zero-order valence-corrected chi connectivity index (χ0v) is 24.4. The zero-order valence-electron chi connectivity index (χ0n) is 23.5. The molecule has 0 aromatic heterocycles. The number of rotatable bonds is 28. The highest BCUT2D eigenvalue weighted by atomic mass is 31.2. The molecule has 2 unspecified atom stereocenters. The molecule has 2 atom stereocenters. The molecule has 0 heterocycles. The summed E-state index contributed by atoms with van der Waals surface area (Å²) in [6, 6.07) is 0. The number of hydrogen-bond acceptors (Lipinski definition) is 6. The minimum absolute atomic E-state index is 0.00954. The summed E-state index contributed by atoms with van der Waals surface area (Å²) in [6.45, 7) is 9.96. The van der Waals surface area contributed by atoms with Crippen LogP contribution in [0.4, 0.5) is 0 Å². The Bertz CT molecular complexity index is 483. The van der Waals surface area contributed by atoms with E-state index >= 15 is 0 Å². The molecule has 0 aliphatic rings. The molecule has 0 aromatic rings. The fourth-order valence-corrected chi connectivity index (χ4v) is 4.49. The van der Waals surface area contributed by atoms with Crippen molar-refractivity contribution < 1.29 is 28.0 Å². The average molecular weight is 524 g/mol. The predicted molar refractivity (Wildman–Crippen MR) is 146 cm³/mol. The van der Waals surface area contributed by atoms with E-state index in [0.29, 0.717) is 26.4 Å². The van der Waals surface area contributed by atoms with Crippen LogP contribution in [-0.4, -0.2) is 69.1 Å². The third kappa shape index (κ3) is 25.4. The Morgan fingerprint density at radius 2 is 1.20 bits per heavy atom. The van der Waals surface area contributed by atoms with Crippen LogP contribution in [0.5, 0.6) is 0 Å². The maximum absolute atomic E-state index is 12.3. The van der Waals surface area contributed by atoms with E-state index in [1.165, 1.54) is 64.2 Å². The second-order valence-electron chi connectivity index (χ2n) is 9.71. The van der Waals surface area contributed by atoms with Crippen LogP contribution in [0, 0.1) is 0 Å². The summed E-state index contributed by atoms with van der Waals surface area (Å²) in [5, 5.41) is 0. The molecule has 212 valence electrons. The van der Waals surface area contributed by atoms with E-state index in [-0.39, 0.29) is 19.3 Å². The van der Waals surface area contributed by atoms with Crippen molar-refractivity contribution in [2.24, 2.45) is 0 Å². The Labute approximate surface area is 217 Å². The average Bonchev–Trinajstić information content (AvgIpc) is 2.83. The molecule has 0 spiro atoms. The van der Waals surface area contributed by atoms with Crippen LogP contribution in [0.3, 0.4) is 0 Å². The summed E-state index contributed by atoms with van der Waals surface area (Å²) in [6.07, 6.45) is 17.6. The molecule has 0 rings (SSSR count). The molecule has 0 radical (unpaired) electrons. The van der Waals surface area contributed by atoms with Gasteiger partial charge in [-0.05, 0) is 32.9 Å². The fourth-order valence-electron chi connectivity index (χ4n) is 3.75. The van der Waals surface area contributed by atoms with E-state index in [4.69, 9.17) is 18.5 Å². The number of likely N-dealkylation sites (N-methyl/N-ethyl adjacent to an activating group) is 1. The third-order valence-electron chi connectivity index (χ3n) is 6.09. The minimum Gasteiger partial charge on any atom is -0.379 e. The molecule has 0 aliphatic heterocycles. The molecule has 0 saturated heterocycles. The number of unbranched alkanes of at least 4 members (excludes halogenated alkanes) is 12. The Morgan fingerprint density at radius 3 is 1.83 bits per heavy atom. The molecule has 0 bridgehead atoms. The van der Waals surface area contributed by atoms with Crippen molar-refractivity contribution in [3.05, 3.63) is 0 Å². The van der Waals surface area contributed by atoms with Gasteiger partial charge in [-0.1, -0.05) is 97.8 Å². The minimum atomic E-state index is -4.12. The van der Waals surface area contributed by atoms with E-state index in [0.717, 1.165) is 38.6 Å². The second kappa shape index (κ2) is 25.6. The molecule has 8 heteroatoms. The van der Waals surface area contributed by atoms with Gasteiger partial charge in [-0.25, -0.2) is 4.57 Å². The van der Waals surface area contributed by atoms with Crippen molar-refractivity contribution in [2.45, 2.75) is 123 Å². The van der Waals surface area contributed by atoms with E-state index in [2.05, 4.69) is 25.7 Å². The van der Waals surface area contributed by atoms with Crippen LogP contribution in [-0.2, 0) is 23.1 Å². The lowest BCUT2D eigenvalue weighted by Crippen LogP contribution is -2.27. The summed E-state index contributed by atoms with van der Waals surface area (Å²) in [7, 11) is -2.10. The van der Waals surface area contributed by atoms with Gasteiger partial charge in [0.05, 0.1) is 19.8 Å². The lowest BCUT2D eigenvalue weighted by Gasteiger charge is -2.21. The normalized spacial score (nSPS) is 14.5. The van der Waals surface area contributed by atoms with Gasteiger partial charge in [0, 0.05) is 19.8 Å². The first kappa shape index (κ1) is 35.0. The standard InChI is InChI=1S/C27H58NO6P/c1-5-8-11-14-15-16-17-20-28(4)21-24-33-35(29,30)34-26-27(32-23-19-13-10-7-3)25-31-22-18-12-9-6-2/h27H,5-26H2,1-4H3,(H,29,30). The maximum atomic E-state index is 12.3. The highest BCUT2D eigenvalue weighted by Crippen LogP contribution is 2.43. The molecule has 7 nitrogen and oxygen atoms in total. The molecular weight excluding hydrogens is 465 g/mol. The first-order valence-corrected chi connectivity index (χ1v) is 15.9.